The summed E-state index contributed by atoms with van der Waals surface area (Å²) in [5, 5.41) is 15.8. The number of carboxylic acid groups (broad SMARTS) is 1. The van der Waals surface area contributed by atoms with Gasteiger partial charge in [0.15, 0.2) is 5.13 Å². The van der Waals surface area contributed by atoms with E-state index < -0.39 is 24.0 Å². The summed E-state index contributed by atoms with van der Waals surface area (Å²) >= 11 is 1.11. The Bertz CT molecular complexity index is 583. The van der Waals surface area contributed by atoms with Gasteiger partial charge in [-0.1, -0.05) is 13.3 Å². The number of rotatable bonds is 7. The quantitative estimate of drug-likeness (QED) is 0.687. The summed E-state index contributed by atoms with van der Waals surface area (Å²) in [4.78, 5) is 39.0. The Morgan fingerprint density at radius 3 is 2.91 bits per heavy atom. The number of hydrogen-bond donors (Lipinski definition) is 3. The fraction of sp³-hybridized carbons (Fsp3) is 0.571. The largest absolute Gasteiger partial charge is 0.480 e. The van der Waals surface area contributed by atoms with Crippen LogP contribution in [0, 0.1) is 0 Å². The van der Waals surface area contributed by atoms with Gasteiger partial charge in [-0.05, 0) is 19.3 Å². The highest BCUT2D eigenvalue weighted by atomic mass is 32.1. The van der Waals surface area contributed by atoms with Gasteiger partial charge in [-0.2, -0.15) is 0 Å². The zero-order chi connectivity index (χ0) is 16.8. The minimum absolute atomic E-state index is 0.0833. The molecule has 0 spiro atoms. The fourth-order valence-electron chi connectivity index (χ4n) is 2.18. The summed E-state index contributed by atoms with van der Waals surface area (Å²) in [6, 6.07) is -0.945. The van der Waals surface area contributed by atoms with E-state index in [9.17, 15) is 14.4 Å². The second kappa shape index (κ2) is 8.02. The van der Waals surface area contributed by atoms with Gasteiger partial charge in [-0.15, -0.1) is 11.3 Å². The number of aromatic nitrogens is 1. The van der Waals surface area contributed by atoms with Crippen LogP contribution in [-0.2, 0) is 14.3 Å². The molecule has 0 aliphatic carbocycles. The Balaban J connectivity index is 1.93. The minimum Gasteiger partial charge on any atom is -0.480 e. The number of carbonyl (C=O) groups is 3. The lowest BCUT2D eigenvalue weighted by Gasteiger charge is -2.12. The summed E-state index contributed by atoms with van der Waals surface area (Å²) in [5.74, 6) is -1.93. The SMILES string of the molecule is CCCC(NC(=O)c1csc(NC(=O)C2CCCO2)n1)C(=O)O. The molecule has 1 saturated heterocycles. The lowest BCUT2D eigenvalue weighted by atomic mass is 10.1. The molecule has 8 nitrogen and oxygen atoms in total. The first-order chi connectivity index (χ1) is 11.0. The first-order valence-electron chi connectivity index (χ1n) is 7.43. The van der Waals surface area contributed by atoms with Crippen LogP contribution in [0.25, 0.3) is 0 Å². The molecule has 23 heavy (non-hydrogen) atoms. The van der Waals surface area contributed by atoms with Crippen molar-refractivity contribution >= 4 is 34.3 Å². The van der Waals surface area contributed by atoms with Crippen LogP contribution < -0.4 is 10.6 Å². The molecular weight excluding hydrogens is 322 g/mol. The van der Waals surface area contributed by atoms with Gasteiger partial charge < -0.3 is 15.2 Å². The topological polar surface area (TPSA) is 118 Å². The molecule has 2 atom stereocenters. The lowest BCUT2D eigenvalue weighted by molar-refractivity contribution is -0.139. The number of nitrogens with zero attached hydrogens (tertiary/aromatic N) is 1. The third kappa shape index (κ3) is 4.73. The van der Waals surface area contributed by atoms with E-state index in [4.69, 9.17) is 9.84 Å². The molecule has 0 saturated carbocycles. The number of ether oxygens (including phenoxy) is 1. The molecule has 1 aromatic heterocycles. The zero-order valence-electron chi connectivity index (χ0n) is 12.7. The molecule has 1 fully saturated rings. The molecule has 2 rings (SSSR count). The molecule has 2 heterocycles. The lowest BCUT2D eigenvalue weighted by Crippen LogP contribution is -2.40. The number of carbonyl (C=O) groups excluding carboxylic acids is 2. The van der Waals surface area contributed by atoms with Crippen LogP contribution in [0.2, 0.25) is 0 Å². The predicted octanol–water partition coefficient (Wildman–Crippen LogP) is 1.24. The van der Waals surface area contributed by atoms with Crippen LogP contribution in [0.1, 0.15) is 43.1 Å². The van der Waals surface area contributed by atoms with Crippen LogP contribution in [0.5, 0.6) is 0 Å². The number of carboxylic acids is 1. The highest BCUT2D eigenvalue weighted by Crippen LogP contribution is 2.19. The maximum Gasteiger partial charge on any atom is 0.326 e. The van der Waals surface area contributed by atoms with Crippen LogP contribution in [0.3, 0.4) is 0 Å². The Hall–Kier alpha value is -2.00. The molecule has 1 aliphatic rings. The second-order valence-corrected chi connectivity index (χ2v) is 6.04. The van der Waals surface area contributed by atoms with Crippen LogP contribution in [-0.4, -0.2) is 46.6 Å². The highest BCUT2D eigenvalue weighted by molar-refractivity contribution is 7.14. The number of thiazole rings is 1. The summed E-state index contributed by atoms with van der Waals surface area (Å²) in [7, 11) is 0. The van der Waals surface area contributed by atoms with Crippen LogP contribution >= 0.6 is 11.3 Å². The van der Waals surface area contributed by atoms with Crippen molar-refractivity contribution in [3.05, 3.63) is 11.1 Å². The van der Waals surface area contributed by atoms with Crippen LogP contribution in [0.15, 0.2) is 5.38 Å². The van der Waals surface area contributed by atoms with E-state index in [-0.39, 0.29) is 16.7 Å². The average molecular weight is 341 g/mol. The van der Waals surface area contributed by atoms with E-state index in [1.54, 1.807) is 0 Å². The van der Waals surface area contributed by atoms with Crippen molar-refractivity contribution in [2.45, 2.75) is 44.8 Å². The molecule has 9 heteroatoms. The first kappa shape index (κ1) is 17.4. The molecule has 0 bridgehead atoms. The van der Waals surface area contributed by atoms with Gasteiger partial charge in [0.2, 0.25) is 0 Å². The van der Waals surface area contributed by atoms with Crippen molar-refractivity contribution in [3.8, 4) is 0 Å². The summed E-state index contributed by atoms with van der Waals surface area (Å²) in [6.45, 7) is 2.40. The molecule has 1 aliphatic heterocycles. The van der Waals surface area contributed by atoms with E-state index in [0.29, 0.717) is 25.9 Å². The monoisotopic (exact) mass is 341 g/mol. The molecule has 0 aromatic carbocycles. The maximum atomic E-state index is 12.0. The van der Waals surface area contributed by atoms with E-state index >= 15 is 0 Å². The third-order valence-corrected chi connectivity index (χ3v) is 4.13. The van der Waals surface area contributed by atoms with Gasteiger partial charge in [-0.3, -0.25) is 14.9 Å². The summed E-state index contributed by atoms with van der Waals surface area (Å²) < 4.78 is 5.27. The Morgan fingerprint density at radius 2 is 2.30 bits per heavy atom. The number of nitrogens with one attached hydrogen (secondary N) is 2. The van der Waals surface area contributed by atoms with Crippen molar-refractivity contribution in [2.75, 3.05) is 11.9 Å². The highest BCUT2D eigenvalue weighted by Gasteiger charge is 2.25. The number of amides is 2. The summed E-state index contributed by atoms with van der Waals surface area (Å²) in [5.41, 5.74) is 0.0833. The van der Waals surface area contributed by atoms with Crippen molar-refractivity contribution in [3.63, 3.8) is 0 Å². The number of aliphatic carboxylic acids is 1. The molecule has 1 aromatic rings. The normalized spacial score (nSPS) is 18.4. The first-order valence-corrected chi connectivity index (χ1v) is 8.31. The predicted molar refractivity (Wildman–Crippen MR) is 83.5 cm³/mol. The van der Waals surface area contributed by atoms with Gasteiger partial charge in [0.05, 0.1) is 0 Å². The Kier molecular flexibility index (Phi) is 6.05. The van der Waals surface area contributed by atoms with Crippen molar-refractivity contribution in [1.82, 2.24) is 10.3 Å². The van der Waals surface area contributed by atoms with Gasteiger partial charge in [0, 0.05) is 12.0 Å². The second-order valence-electron chi connectivity index (χ2n) is 5.18. The van der Waals surface area contributed by atoms with Gasteiger partial charge >= 0.3 is 5.97 Å². The molecule has 2 amide bonds. The Labute approximate surface area is 137 Å². The van der Waals surface area contributed by atoms with Gasteiger partial charge in [0.25, 0.3) is 11.8 Å². The fourth-order valence-corrected chi connectivity index (χ4v) is 2.88. The third-order valence-electron chi connectivity index (χ3n) is 3.37. The Morgan fingerprint density at radius 1 is 1.52 bits per heavy atom. The zero-order valence-corrected chi connectivity index (χ0v) is 13.5. The molecular formula is C14H19N3O5S. The van der Waals surface area contributed by atoms with Crippen molar-refractivity contribution in [1.29, 1.82) is 0 Å². The number of hydrogen-bond acceptors (Lipinski definition) is 6. The maximum absolute atomic E-state index is 12.0. The van der Waals surface area contributed by atoms with E-state index in [1.165, 1.54) is 5.38 Å². The van der Waals surface area contributed by atoms with Gasteiger partial charge in [-0.25, -0.2) is 9.78 Å². The standard InChI is InChI=1S/C14H19N3O5S/c1-2-4-8(13(20)21)15-11(18)9-7-23-14(16-9)17-12(19)10-5-3-6-22-10/h7-8,10H,2-6H2,1H3,(H,15,18)(H,20,21)(H,16,17,19). The van der Waals surface area contributed by atoms with E-state index in [2.05, 4.69) is 15.6 Å². The molecule has 2 unspecified atom stereocenters. The molecule has 126 valence electrons. The summed E-state index contributed by atoms with van der Waals surface area (Å²) in [6.07, 6.45) is 2.02. The number of anilines is 1. The van der Waals surface area contributed by atoms with Crippen LogP contribution in [0.4, 0.5) is 5.13 Å². The minimum atomic E-state index is -1.08. The smallest absolute Gasteiger partial charge is 0.326 e. The van der Waals surface area contributed by atoms with Crippen molar-refractivity contribution in [2.24, 2.45) is 0 Å². The average Bonchev–Trinajstić information content (AvgIpc) is 3.17. The molecule has 3 N–H and O–H groups in total. The van der Waals surface area contributed by atoms with E-state index in [1.807, 2.05) is 6.92 Å². The molecule has 0 radical (unpaired) electrons. The van der Waals surface area contributed by atoms with Crippen molar-refractivity contribution < 1.29 is 24.2 Å². The van der Waals surface area contributed by atoms with Gasteiger partial charge in [0.1, 0.15) is 17.8 Å². The van der Waals surface area contributed by atoms with E-state index in [0.717, 1.165) is 17.8 Å².